The lowest BCUT2D eigenvalue weighted by molar-refractivity contribution is -0.226. The van der Waals surface area contributed by atoms with E-state index in [-0.39, 0.29) is 0 Å². The van der Waals surface area contributed by atoms with E-state index in [9.17, 15) is 15.3 Å². The van der Waals surface area contributed by atoms with Crippen molar-refractivity contribution < 1.29 is 20.1 Å². The van der Waals surface area contributed by atoms with E-state index in [4.69, 9.17) is 16.3 Å². The number of rotatable bonds is 6. The predicted molar refractivity (Wildman–Crippen MR) is 120 cm³/mol. The minimum atomic E-state index is -1.26. The summed E-state index contributed by atoms with van der Waals surface area (Å²) in [4.78, 5) is 5.65. The summed E-state index contributed by atoms with van der Waals surface area (Å²) in [5.74, 6) is 0. The SMILES string of the molecule is CCC[C@H]1O[C@@H](c2ccc(Cl)c(Cc3ncc(-c4ccsc4)s3)c2)[C@H](O)[C@H](O)[C@@H]1O. The van der Waals surface area contributed by atoms with Crippen molar-refractivity contribution in [1.82, 2.24) is 4.98 Å². The van der Waals surface area contributed by atoms with Crippen LogP contribution in [0.5, 0.6) is 0 Å². The minimum Gasteiger partial charge on any atom is -0.388 e. The Bertz CT molecular complexity index is 977. The summed E-state index contributed by atoms with van der Waals surface area (Å²) in [5, 5.41) is 36.8. The summed E-state index contributed by atoms with van der Waals surface area (Å²) < 4.78 is 5.99. The molecule has 3 heterocycles. The van der Waals surface area contributed by atoms with Gasteiger partial charge in [0.2, 0.25) is 0 Å². The number of aromatic nitrogens is 1. The Morgan fingerprint density at radius 2 is 1.97 bits per heavy atom. The number of aliphatic hydroxyl groups is 3. The zero-order valence-corrected chi connectivity index (χ0v) is 18.8. The third kappa shape index (κ3) is 4.48. The predicted octanol–water partition coefficient (Wildman–Crippen LogP) is 4.44. The summed E-state index contributed by atoms with van der Waals surface area (Å²) in [6.07, 6.45) is -0.980. The van der Waals surface area contributed by atoms with Crippen molar-refractivity contribution in [2.24, 2.45) is 0 Å². The van der Waals surface area contributed by atoms with Crippen LogP contribution in [0.4, 0.5) is 0 Å². The number of thiophene rings is 1. The number of benzene rings is 1. The highest BCUT2D eigenvalue weighted by Crippen LogP contribution is 2.36. The molecule has 3 N–H and O–H groups in total. The molecule has 0 bridgehead atoms. The lowest BCUT2D eigenvalue weighted by atomic mass is 9.89. The fourth-order valence-electron chi connectivity index (χ4n) is 3.75. The van der Waals surface area contributed by atoms with Gasteiger partial charge in [-0.25, -0.2) is 4.98 Å². The topological polar surface area (TPSA) is 82.8 Å². The smallest absolute Gasteiger partial charge is 0.113 e. The van der Waals surface area contributed by atoms with E-state index in [1.54, 1.807) is 34.8 Å². The third-order valence-electron chi connectivity index (χ3n) is 5.38. The van der Waals surface area contributed by atoms with Gasteiger partial charge in [-0.15, -0.1) is 11.3 Å². The van der Waals surface area contributed by atoms with E-state index in [0.29, 0.717) is 17.9 Å². The normalized spacial score (nSPS) is 26.8. The molecule has 1 saturated heterocycles. The van der Waals surface area contributed by atoms with Crippen LogP contribution in [0.15, 0.2) is 41.2 Å². The second-order valence-corrected chi connectivity index (χ2v) is 9.82. The average Bonchev–Trinajstić information content (AvgIpc) is 3.42. The fourth-order valence-corrected chi connectivity index (χ4v) is 5.60. The molecule has 0 unspecified atom stereocenters. The molecular weight excluding hydrogens is 442 g/mol. The monoisotopic (exact) mass is 465 g/mol. The Morgan fingerprint density at radius 1 is 1.13 bits per heavy atom. The van der Waals surface area contributed by atoms with Crippen LogP contribution in [0.3, 0.4) is 0 Å². The molecule has 1 aromatic carbocycles. The van der Waals surface area contributed by atoms with Crippen molar-refractivity contribution in [2.75, 3.05) is 0 Å². The quantitative estimate of drug-likeness (QED) is 0.501. The Labute approximate surface area is 188 Å². The maximum absolute atomic E-state index is 10.5. The van der Waals surface area contributed by atoms with Gasteiger partial charge in [0.05, 0.1) is 16.0 Å². The lowest BCUT2D eigenvalue weighted by Crippen LogP contribution is -2.54. The molecule has 4 rings (SSSR count). The van der Waals surface area contributed by atoms with E-state index in [2.05, 4.69) is 16.4 Å². The number of nitrogens with zero attached hydrogens (tertiary/aromatic N) is 1. The maximum Gasteiger partial charge on any atom is 0.113 e. The summed E-state index contributed by atoms with van der Waals surface area (Å²) >= 11 is 9.72. The zero-order chi connectivity index (χ0) is 21.3. The van der Waals surface area contributed by atoms with Crippen molar-refractivity contribution in [3.05, 3.63) is 62.4 Å². The average molecular weight is 466 g/mol. The maximum atomic E-state index is 10.5. The molecule has 2 aromatic heterocycles. The van der Waals surface area contributed by atoms with Crippen molar-refractivity contribution >= 4 is 34.3 Å². The van der Waals surface area contributed by atoms with Crippen LogP contribution in [0.1, 0.15) is 42.0 Å². The van der Waals surface area contributed by atoms with Crippen molar-refractivity contribution in [3.63, 3.8) is 0 Å². The lowest BCUT2D eigenvalue weighted by Gasteiger charge is -2.41. The van der Waals surface area contributed by atoms with Crippen LogP contribution < -0.4 is 0 Å². The molecule has 3 aromatic rings. The zero-order valence-electron chi connectivity index (χ0n) is 16.4. The number of thiazole rings is 1. The first-order chi connectivity index (χ1) is 14.5. The van der Waals surface area contributed by atoms with Crippen LogP contribution in [0, 0.1) is 0 Å². The van der Waals surface area contributed by atoms with Crippen LogP contribution in [0.2, 0.25) is 5.02 Å². The first-order valence-corrected chi connectivity index (χ1v) is 12.1. The van der Waals surface area contributed by atoms with Gasteiger partial charge in [0.25, 0.3) is 0 Å². The first-order valence-electron chi connectivity index (χ1n) is 9.93. The van der Waals surface area contributed by atoms with Gasteiger partial charge in [0.1, 0.15) is 24.4 Å². The third-order valence-corrected chi connectivity index (χ3v) is 7.48. The summed E-state index contributed by atoms with van der Waals surface area (Å²) in [5.41, 5.74) is 2.77. The van der Waals surface area contributed by atoms with E-state index < -0.39 is 30.5 Å². The van der Waals surface area contributed by atoms with Gasteiger partial charge in [-0.2, -0.15) is 11.3 Å². The highest BCUT2D eigenvalue weighted by atomic mass is 35.5. The molecule has 1 fully saturated rings. The number of aliphatic hydroxyl groups excluding tert-OH is 3. The van der Waals surface area contributed by atoms with Gasteiger partial charge in [-0.3, -0.25) is 0 Å². The van der Waals surface area contributed by atoms with Gasteiger partial charge >= 0.3 is 0 Å². The molecule has 0 spiro atoms. The summed E-state index contributed by atoms with van der Waals surface area (Å²) in [7, 11) is 0. The van der Waals surface area contributed by atoms with E-state index >= 15 is 0 Å². The Morgan fingerprint density at radius 3 is 2.70 bits per heavy atom. The molecule has 160 valence electrons. The Balaban J connectivity index is 1.57. The molecule has 1 aliphatic rings. The van der Waals surface area contributed by atoms with Gasteiger partial charge in [-0.1, -0.05) is 37.1 Å². The number of halogens is 1. The largest absolute Gasteiger partial charge is 0.388 e. The minimum absolute atomic E-state index is 0.523. The molecule has 0 saturated carbocycles. The second kappa shape index (κ2) is 9.44. The van der Waals surface area contributed by atoms with Crippen molar-refractivity contribution in [1.29, 1.82) is 0 Å². The second-order valence-electron chi connectivity index (χ2n) is 7.51. The summed E-state index contributed by atoms with van der Waals surface area (Å²) in [6, 6.07) is 7.55. The van der Waals surface area contributed by atoms with Crippen LogP contribution >= 0.6 is 34.3 Å². The molecular formula is C22H24ClNO4S2. The highest BCUT2D eigenvalue weighted by Gasteiger charge is 2.43. The Kier molecular flexibility index (Phi) is 6.89. The standard InChI is InChI=1S/C22H24ClNO4S2/c1-2-3-16-19(25)20(26)21(27)22(28-16)12-4-5-15(23)14(8-12)9-18-24-10-17(30-18)13-6-7-29-11-13/h4-8,10-11,16,19-22,25-27H,2-3,9H2,1H3/t16-,19-,20-,21-,22+/m1/s1. The van der Waals surface area contributed by atoms with Gasteiger partial charge in [0.15, 0.2) is 0 Å². The van der Waals surface area contributed by atoms with Crippen molar-refractivity contribution in [3.8, 4) is 10.4 Å². The molecule has 5 atom stereocenters. The van der Waals surface area contributed by atoms with Gasteiger partial charge in [0, 0.05) is 23.2 Å². The van der Waals surface area contributed by atoms with E-state index in [0.717, 1.165) is 33.0 Å². The molecule has 30 heavy (non-hydrogen) atoms. The van der Waals surface area contributed by atoms with Crippen molar-refractivity contribution in [2.45, 2.75) is 56.7 Å². The highest BCUT2D eigenvalue weighted by molar-refractivity contribution is 7.15. The molecule has 0 aliphatic carbocycles. The number of ether oxygens (including phenoxy) is 1. The van der Waals surface area contributed by atoms with Crippen LogP contribution in [-0.2, 0) is 11.2 Å². The van der Waals surface area contributed by atoms with Gasteiger partial charge < -0.3 is 20.1 Å². The van der Waals surface area contributed by atoms with E-state index in [1.165, 1.54) is 0 Å². The summed E-state index contributed by atoms with van der Waals surface area (Å²) in [6.45, 7) is 1.99. The molecule has 0 amide bonds. The van der Waals surface area contributed by atoms with Crippen LogP contribution in [-0.4, -0.2) is 44.7 Å². The van der Waals surface area contributed by atoms with Crippen LogP contribution in [0.25, 0.3) is 10.4 Å². The van der Waals surface area contributed by atoms with Gasteiger partial charge in [-0.05, 0) is 40.4 Å². The molecule has 0 radical (unpaired) electrons. The van der Waals surface area contributed by atoms with E-state index in [1.807, 2.05) is 24.6 Å². The molecule has 1 aliphatic heterocycles. The fraction of sp³-hybridized carbons (Fsp3) is 0.409. The number of hydrogen-bond acceptors (Lipinski definition) is 7. The molecule has 5 nitrogen and oxygen atoms in total. The Hall–Kier alpha value is -1.32. The number of hydrogen-bond donors (Lipinski definition) is 3. The molecule has 8 heteroatoms. The first kappa shape index (κ1) is 21.9.